The number of nitrogens with zero attached hydrogens (tertiary/aromatic N) is 5. The van der Waals surface area contributed by atoms with Crippen molar-refractivity contribution in [3.8, 4) is 17.1 Å². The Morgan fingerprint density at radius 2 is 1.56 bits per heavy atom. The molecule has 2 aliphatic heterocycles. The molecule has 1 saturated carbocycles. The van der Waals surface area contributed by atoms with Gasteiger partial charge in [-0.1, -0.05) is 54.8 Å². The van der Waals surface area contributed by atoms with Crippen LogP contribution in [0.2, 0.25) is 0 Å². The van der Waals surface area contributed by atoms with Crippen molar-refractivity contribution < 1.29 is 0 Å². The van der Waals surface area contributed by atoms with Gasteiger partial charge < -0.3 is 0 Å². The van der Waals surface area contributed by atoms with Gasteiger partial charge in [0.1, 0.15) is 11.4 Å². The van der Waals surface area contributed by atoms with Crippen LogP contribution in [-0.2, 0) is 0 Å². The van der Waals surface area contributed by atoms with Crippen molar-refractivity contribution in [3.05, 3.63) is 60.3 Å². The monoisotopic (exact) mass is 452 g/mol. The smallest absolute Gasteiger partial charge is 0.134 e. The standard InChI is InChI=1S/C28H32N6/c1-2-6-22(7-3-1)34-23-14-15-24(34)17-20(16-23)19-10-12-21(13-11-19)33-18-27(30-32-33)28-25-8-4-5-9-26(25)29-31-28/h4-5,8-13,18,20,22-24H,1-3,6-7,14-17H2,(H,29,31)/t20?,23-,24?/m0/s1. The second-order valence-electron chi connectivity index (χ2n) is 10.6. The molecule has 34 heavy (non-hydrogen) atoms. The van der Waals surface area contributed by atoms with E-state index in [-0.39, 0.29) is 0 Å². The predicted molar refractivity (Wildman–Crippen MR) is 134 cm³/mol. The number of aromatic nitrogens is 5. The normalized spacial score (nSPS) is 25.8. The van der Waals surface area contributed by atoms with Crippen LogP contribution in [0.15, 0.2) is 54.7 Å². The average Bonchev–Trinajstić information content (AvgIpc) is 3.60. The molecule has 6 nitrogen and oxygen atoms in total. The molecule has 4 aromatic rings. The summed E-state index contributed by atoms with van der Waals surface area (Å²) in [5.41, 5.74) is 5.18. The molecular weight excluding hydrogens is 420 g/mol. The largest absolute Gasteiger partial charge is 0.294 e. The molecular formula is C28H32N6. The molecule has 1 N–H and O–H groups in total. The van der Waals surface area contributed by atoms with E-state index in [1.54, 1.807) is 0 Å². The highest BCUT2D eigenvalue weighted by atomic mass is 15.4. The fourth-order valence-electron chi connectivity index (χ4n) is 7.02. The minimum atomic E-state index is 0.688. The molecule has 2 bridgehead atoms. The summed E-state index contributed by atoms with van der Waals surface area (Å²) in [7, 11) is 0. The van der Waals surface area contributed by atoms with Crippen molar-refractivity contribution in [2.75, 3.05) is 0 Å². The van der Waals surface area contributed by atoms with Gasteiger partial charge >= 0.3 is 0 Å². The molecule has 3 atom stereocenters. The van der Waals surface area contributed by atoms with E-state index in [0.29, 0.717) is 5.92 Å². The zero-order chi connectivity index (χ0) is 22.5. The number of hydrogen-bond acceptors (Lipinski definition) is 4. The highest BCUT2D eigenvalue weighted by Crippen LogP contribution is 2.46. The third kappa shape index (κ3) is 3.47. The lowest BCUT2D eigenvalue weighted by Crippen LogP contribution is -2.49. The molecule has 2 saturated heterocycles. The van der Waals surface area contributed by atoms with Crippen molar-refractivity contribution in [3.63, 3.8) is 0 Å². The Morgan fingerprint density at radius 1 is 0.794 bits per heavy atom. The fraction of sp³-hybridized carbons (Fsp3) is 0.464. The van der Waals surface area contributed by atoms with Crippen LogP contribution in [0.5, 0.6) is 0 Å². The van der Waals surface area contributed by atoms with Crippen molar-refractivity contribution in [2.24, 2.45) is 0 Å². The molecule has 0 radical (unpaired) electrons. The molecule has 3 aliphatic rings. The maximum atomic E-state index is 4.46. The third-order valence-electron chi connectivity index (χ3n) is 8.62. The van der Waals surface area contributed by atoms with Crippen LogP contribution >= 0.6 is 0 Å². The van der Waals surface area contributed by atoms with Crippen LogP contribution in [0.3, 0.4) is 0 Å². The summed E-state index contributed by atoms with van der Waals surface area (Å²) < 4.78 is 1.86. The Balaban J connectivity index is 1.08. The van der Waals surface area contributed by atoms with Gasteiger partial charge in [-0.15, -0.1) is 5.10 Å². The molecule has 4 heterocycles. The fourth-order valence-corrected chi connectivity index (χ4v) is 7.02. The van der Waals surface area contributed by atoms with E-state index >= 15 is 0 Å². The van der Waals surface area contributed by atoms with Gasteiger partial charge in [-0.2, -0.15) is 5.10 Å². The molecule has 2 aromatic heterocycles. The highest BCUT2D eigenvalue weighted by Gasteiger charge is 2.44. The van der Waals surface area contributed by atoms with E-state index in [9.17, 15) is 0 Å². The van der Waals surface area contributed by atoms with Gasteiger partial charge in [0.2, 0.25) is 0 Å². The number of piperidine rings is 1. The van der Waals surface area contributed by atoms with E-state index in [1.165, 1.54) is 63.4 Å². The maximum absolute atomic E-state index is 4.46. The Labute approximate surface area is 200 Å². The van der Waals surface area contributed by atoms with Gasteiger partial charge in [-0.05, 0) is 68.2 Å². The second kappa shape index (κ2) is 8.35. The van der Waals surface area contributed by atoms with Crippen LogP contribution in [0.25, 0.3) is 28.0 Å². The zero-order valence-corrected chi connectivity index (χ0v) is 19.6. The van der Waals surface area contributed by atoms with Gasteiger partial charge in [0.15, 0.2) is 0 Å². The highest BCUT2D eigenvalue weighted by molar-refractivity contribution is 5.91. The van der Waals surface area contributed by atoms with Crippen molar-refractivity contribution in [2.45, 2.75) is 81.8 Å². The molecule has 3 fully saturated rings. The molecule has 2 unspecified atom stereocenters. The minimum Gasteiger partial charge on any atom is -0.294 e. The van der Waals surface area contributed by atoms with Gasteiger partial charge in [-0.3, -0.25) is 10.00 Å². The molecule has 174 valence electrons. The van der Waals surface area contributed by atoms with E-state index in [1.807, 2.05) is 29.1 Å². The number of rotatable bonds is 4. The summed E-state index contributed by atoms with van der Waals surface area (Å²) >= 11 is 0. The van der Waals surface area contributed by atoms with Crippen molar-refractivity contribution in [1.82, 2.24) is 30.1 Å². The first-order valence-corrected chi connectivity index (χ1v) is 13.1. The summed E-state index contributed by atoms with van der Waals surface area (Å²) in [4.78, 5) is 2.96. The SMILES string of the molecule is c1ccc2c(-c3cn(-c4ccc(C5CC6CC[C@@H](C5)N6C5CCCCC5)cc4)nn3)n[nH]c2c1. The van der Waals surface area contributed by atoms with Crippen LogP contribution in [-0.4, -0.2) is 48.2 Å². The summed E-state index contributed by atoms with van der Waals surface area (Å²) in [6, 6.07) is 19.6. The molecule has 0 spiro atoms. The summed E-state index contributed by atoms with van der Waals surface area (Å²) in [5, 5.41) is 17.4. The van der Waals surface area contributed by atoms with Crippen molar-refractivity contribution in [1.29, 1.82) is 0 Å². The van der Waals surface area contributed by atoms with E-state index in [4.69, 9.17) is 0 Å². The number of H-pyrrole nitrogens is 1. The first-order chi connectivity index (χ1) is 16.8. The lowest BCUT2D eigenvalue weighted by atomic mass is 9.82. The minimum absolute atomic E-state index is 0.688. The molecule has 7 rings (SSSR count). The topological polar surface area (TPSA) is 62.6 Å². The van der Waals surface area contributed by atoms with E-state index < -0.39 is 0 Å². The first-order valence-electron chi connectivity index (χ1n) is 13.1. The van der Waals surface area contributed by atoms with Crippen LogP contribution in [0, 0.1) is 0 Å². The van der Waals surface area contributed by atoms with Gasteiger partial charge in [0, 0.05) is 23.5 Å². The van der Waals surface area contributed by atoms with E-state index in [0.717, 1.165) is 46.1 Å². The van der Waals surface area contributed by atoms with Crippen LogP contribution < -0.4 is 0 Å². The van der Waals surface area contributed by atoms with Gasteiger partial charge in [0.05, 0.1) is 17.4 Å². The summed E-state index contributed by atoms with van der Waals surface area (Å²) in [6.07, 6.45) is 14.6. The quantitative estimate of drug-likeness (QED) is 0.422. The number of aromatic amines is 1. The van der Waals surface area contributed by atoms with Gasteiger partial charge in [-0.25, -0.2) is 4.68 Å². The van der Waals surface area contributed by atoms with Crippen molar-refractivity contribution >= 4 is 10.9 Å². The third-order valence-corrected chi connectivity index (χ3v) is 8.62. The number of fused-ring (bicyclic) bond motifs is 3. The van der Waals surface area contributed by atoms with Gasteiger partial charge in [0.25, 0.3) is 0 Å². The predicted octanol–water partition coefficient (Wildman–Crippen LogP) is 5.85. The van der Waals surface area contributed by atoms with E-state index in [2.05, 4.69) is 55.7 Å². The number of nitrogens with one attached hydrogen (secondary N) is 1. The molecule has 1 aliphatic carbocycles. The van der Waals surface area contributed by atoms with Crippen LogP contribution in [0.1, 0.15) is 69.3 Å². The summed E-state index contributed by atoms with van der Waals surface area (Å²) in [6.45, 7) is 0. The average molecular weight is 453 g/mol. The first kappa shape index (κ1) is 20.4. The number of hydrogen-bond donors (Lipinski definition) is 1. The summed E-state index contributed by atoms with van der Waals surface area (Å²) in [5.74, 6) is 0.688. The lowest BCUT2D eigenvalue weighted by Gasteiger charge is -2.45. The Hall–Kier alpha value is -2.99. The Bertz CT molecular complexity index is 1270. The number of benzene rings is 2. The lowest BCUT2D eigenvalue weighted by molar-refractivity contribution is 0.0567. The Kier molecular flexibility index (Phi) is 5.00. The molecule has 6 heteroatoms. The second-order valence-corrected chi connectivity index (χ2v) is 10.6. The number of para-hydroxylation sites is 1. The molecule has 2 aromatic carbocycles. The Morgan fingerprint density at radius 3 is 2.35 bits per heavy atom. The maximum Gasteiger partial charge on any atom is 0.134 e. The zero-order valence-electron chi connectivity index (χ0n) is 19.6. The van der Waals surface area contributed by atoms with Crippen LogP contribution in [0.4, 0.5) is 0 Å². The molecule has 0 amide bonds.